The minimum absolute atomic E-state index is 0.369. The van der Waals surface area contributed by atoms with Crippen molar-refractivity contribution in [2.45, 2.75) is 52.6 Å². The van der Waals surface area contributed by atoms with Gasteiger partial charge in [-0.1, -0.05) is 31.9 Å². The number of unbranched alkanes of at least 4 members (excludes halogenated alkanes) is 2. The predicted octanol–water partition coefficient (Wildman–Crippen LogP) is 3.14. The molecule has 2 heteroatoms. The van der Waals surface area contributed by atoms with Gasteiger partial charge < -0.3 is 10.6 Å². The zero-order valence-corrected chi connectivity index (χ0v) is 9.72. The lowest BCUT2D eigenvalue weighted by atomic mass is 10.2. The number of hydrogen-bond acceptors (Lipinski definition) is 2. The molecule has 0 bridgehead atoms. The Kier molecular flexibility index (Phi) is 9.49. The summed E-state index contributed by atoms with van der Waals surface area (Å²) < 4.78 is 0. The van der Waals surface area contributed by atoms with Crippen LogP contribution in [0.2, 0.25) is 0 Å². The zero-order valence-electron chi connectivity index (χ0n) is 9.72. The summed E-state index contributed by atoms with van der Waals surface area (Å²) >= 11 is 0. The van der Waals surface area contributed by atoms with Crippen molar-refractivity contribution in [3.05, 3.63) is 24.6 Å². The van der Waals surface area contributed by atoms with Gasteiger partial charge in [-0.3, -0.25) is 0 Å². The van der Waals surface area contributed by atoms with Crippen molar-refractivity contribution >= 4 is 0 Å². The second-order valence-electron chi connectivity index (χ2n) is 3.38. The van der Waals surface area contributed by atoms with Gasteiger partial charge in [0, 0.05) is 0 Å². The quantitative estimate of drug-likeness (QED) is 0.460. The molecule has 0 unspecified atom stereocenters. The SMILES string of the molecule is CC=CNC(CCCCC)NC=CC. The highest BCUT2D eigenvalue weighted by molar-refractivity contribution is 4.83. The van der Waals surface area contributed by atoms with E-state index in [1.807, 2.05) is 38.4 Å². The highest BCUT2D eigenvalue weighted by atomic mass is 15.1. The molecule has 0 aliphatic heterocycles. The van der Waals surface area contributed by atoms with Crippen LogP contribution in [0, 0.1) is 0 Å². The molecule has 2 nitrogen and oxygen atoms in total. The summed E-state index contributed by atoms with van der Waals surface area (Å²) in [5, 5.41) is 6.64. The maximum atomic E-state index is 3.32. The molecule has 0 heterocycles. The number of rotatable bonds is 8. The third kappa shape index (κ3) is 7.71. The van der Waals surface area contributed by atoms with Crippen molar-refractivity contribution in [1.82, 2.24) is 10.6 Å². The highest BCUT2D eigenvalue weighted by Gasteiger charge is 2.01. The Morgan fingerprint density at radius 2 is 1.57 bits per heavy atom. The molecule has 0 fully saturated rings. The molecule has 0 rings (SSSR count). The molecule has 0 amide bonds. The van der Waals surface area contributed by atoms with Crippen LogP contribution in [-0.2, 0) is 0 Å². The number of hydrogen-bond donors (Lipinski definition) is 2. The van der Waals surface area contributed by atoms with Gasteiger partial charge >= 0.3 is 0 Å². The number of allylic oxidation sites excluding steroid dienone is 2. The van der Waals surface area contributed by atoms with Crippen molar-refractivity contribution in [3.8, 4) is 0 Å². The Morgan fingerprint density at radius 3 is 2.00 bits per heavy atom. The highest BCUT2D eigenvalue weighted by Crippen LogP contribution is 2.01. The van der Waals surface area contributed by atoms with Crippen LogP contribution in [0.4, 0.5) is 0 Å². The van der Waals surface area contributed by atoms with E-state index >= 15 is 0 Å². The molecule has 0 aromatic carbocycles. The van der Waals surface area contributed by atoms with Crippen LogP contribution in [0.5, 0.6) is 0 Å². The lowest BCUT2D eigenvalue weighted by molar-refractivity contribution is 0.469. The van der Waals surface area contributed by atoms with Crippen LogP contribution >= 0.6 is 0 Å². The van der Waals surface area contributed by atoms with Gasteiger partial charge in [0.25, 0.3) is 0 Å². The third-order valence-corrected chi connectivity index (χ3v) is 2.02. The van der Waals surface area contributed by atoms with E-state index in [9.17, 15) is 0 Å². The predicted molar refractivity (Wildman–Crippen MR) is 63.8 cm³/mol. The normalized spacial score (nSPS) is 13.6. The van der Waals surface area contributed by atoms with E-state index in [1.165, 1.54) is 25.7 Å². The van der Waals surface area contributed by atoms with Gasteiger partial charge in [0.1, 0.15) is 0 Å². The van der Waals surface area contributed by atoms with Crippen LogP contribution in [0.15, 0.2) is 24.6 Å². The average molecular weight is 196 g/mol. The van der Waals surface area contributed by atoms with Gasteiger partial charge in [0.05, 0.1) is 6.17 Å². The molecule has 2 N–H and O–H groups in total. The summed E-state index contributed by atoms with van der Waals surface area (Å²) in [6.45, 7) is 6.27. The summed E-state index contributed by atoms with van der Waals surface area (Å²) in [7, 11) is 0. The molecular formula is C12H24N2. The Bertz CT molecular complexity index is 148. The Morgan fingerprint density at radius 1 is 1.00 bits per heavy atom. The molecule has 82 valence electrons. The van der Waals surface area contributed by atoms with Gasteiger partial charge in [-0.25, -0.2) is 0 Å². The maximum absolute atomic E-state index is 3.32. The molecule has 0 aromatic rings. The third-order valence-electron chi connectivity index (χ3n) is 2.02. The first-order valence-corrected chi connectivity index (χ1v) is 5.59. The fourth-order valence-electron chi connectivity index (χ4n) is 1.24. The Balaban J connectivity index is 3.71. The van der Waals surface area contributed by atoms with Gasteiger partial charge in [0.2, 0.25) is 0 Å². The Labute approximate surface area is 88.5 Å². The fraction of sp³-hybridized carbons (Fsp3) is 0.667. The van der Waals surface area contributed by atoms with Crippen LogP contribution in [0.1, 0.15) is 46.5 Å². The minimum atomic E-state index is 0.369. The molecule has 0 spiro atoms. The summed E-state index contributed by atoms with van der Waals surface area (Å²) in [4.78, 5) is 0. The number of nitrogens with one attached hydrogen (secondary N) is 2. The Hall–Kier alpha value is -0.920. The van der Waals surface area contributed by atoms with E-state index in [2.05, 4.69) is 17.6 Å². The summed E-state index contributed by atoms with van der Waals surface area (Å²) in [6, 6.07) is 0. The second-order valence-corrected chi connectivity index (χ2v) is 3.38. The fourth-order valence-corrected chi connectivity index (χ4v) is 1.24. The van der Waals surface area contributed by atoms with Crippen LogP contribution in [-0.4, -0.2) is 6.17 Å². The van der Waals surface area contributed by atoms with E-state index in [-0.39, 0.29) is 0 Å². The van der Waals surface area contributed by atoms with Crippen LogP contribution < -0.4 is 10.6 Å². The molecule has 0 saturated heterocycles. The zero-order chi connectivity index (χ0) is 10.6. The summed E-state index contributed by atoms with van der Waals surface area (Å²) in [5.74, 6) is 0. The van der Waals surface area contributed by atoms with E-state index in [4.69, 9.17) is 0 Å². The van der Waals surface area contributed by atoms with Crippen molar-refractivity contribution < 1.29 is 0 Å². The molecule has 0 atom stereocenters. The average Bonchev–Trinajstić information content (AvgIpc) is 2.21. The molecule has 0 radical (unpaired) electrons. The van der Waals surface area contributed by atoms with Crippen molar-refractivity contribution in [2.75, 3.05) is 0 Å². The maximum Gasteiger partial charge on any atom is 0.0954 e. The first-order chi connectivity index (χ1) is 6.85. The summed E-state index contributed by atoms with van der Waals surface area (Å²) in [6.07, 6.45) is 13.4. The van der Waals surface area contributed by atoms with Crippen molar-refractivity contribution in [1.29, 1.82) is 0 Å². The largest absolute Gasteiger partial charge is 0.372 e. The minimum Gasteiger partial charge on any atom is -0.372 e. The molecule has 0 aliphatic carbocycles. The lowest BCUT2D eigenvalue weighted by Crippen LogP contribution is -2.36. The monoisotopic (exact) mass is 196 g/mol. The molecular weight excluding hydrogens is 172 g/mol. The van der Waals surface area contributed by atoms with E-state index in [0.717, 1.165) is 0 Å². The van der Waals surface area contributed by atoms with E-state index < -0.39 is 0 Å². The molecule has 14 heavy (non-hydrogen) atoms. The standard InChI is InChI=1S/C12H24N2/c1-4-7-8-9-12(13-10-5-2)14-11-6-3/h5-6,10-14H,4,7-9H2,1-3H3. The van der Waals surface area contributed by atoms with Crippen molar-refractivity contribution in [2.24, 2.45) is 0 Å². The topological polar surface area (TPSA) is 24.1 Å². The van der Waals surface area contributed by atoms with E-state index in [0.29, 0.717) is 6.17 Å². The molecule has 0 aliphatic rings. The molecule has 0 saturated carbocycles. The van der Waals surface area contributed by atoms with Gasteiger partial charge in [-0.15, -0.1) is 0 Å². The van der Waals surface area contributed by atoms with Gasteiger partial charge in [-0.2, -0.15) is 0 Å². The van der Waals surface area contributed by atoms with Crippen LogP contribution in [0.3, 0.4) is 0 Å². The first kappa shape index (κ1) is 13.1. The van der Waals surface area contributed by atoms with Gasteiger partial charge in [-0.05, 0) is 39.1 Å². The summed E-state index contributed by atoms with van der Waals surface area (Å²) in [5.41, 5.74) is 0. The smallest absolute Gasteiger partial charge is 0.0954 e. The first-order valence-electron chi connectivity index (χ1n) is 5.59. The van der Waals surface area contributed by atoms with Gasteiger partial charge in [0.15, 0.2) is 0 Å². The van der Waals surface area contributed by atoms with Crippen molar-refractivity contribution in [3.63, 3.8) is 0 Å². The lowest BCUT2D eigenvalue weighted by Gasteiger charge is -2.17. The second kappa shape index (κ2) is 10.2. The van der Waals surface area contributed by atoms with E-state index in [1.54, 1.807) is 0 Å². The van der Waals surface area contributed by atoms with Crippen LogP contribution in [0.25, 0.3) is 0 Å². The molecule has 0 aromatic heterocycles.